The summed E-state index contributed by atoms with van der Waals surface area (Å²) in [5.41, 5.74) is 1.29. The normalized spacial score (nSPS) is 19.2. The van der Waals surface area contributed by atoms with Crippen molar-refractivity contribution < 1.29 is 14.8 Å². The van der Waals surface area contributed by atoms with E-state index in [1.54, 1.807) is 6.07 Å². The molecule has 7 nitrogen and oxygen atoms in total. The number of nitrogens with one attached hydrogen (secondary N) is 2. The van der Waals surface area contributed by atoms with Crippen molar-refractivity contribution in [2.24, 2.45) is 0 Å². The van der Waals surface area contributed by atoms with Gasteiger partial charge in [0.05, 0.1) is 22.8 Å². The minimum atomic E-state index is -0.465. The Hall–Kier alpha value is -2.15. The lowest BCUT2D eigenvalue weighted by Crippen LogP contribution is -2.48. The highest BCUT2D eigenvalue weighted by Gasteiger charge is 2.38. The number of hydrogen-bond donors (Lipinski definition) is 3. The molecule has 2 aliphatic rings. The summed E-state index contributed by atoms with van der Waals surface area (Å²) in [7, 11) is 0. The Morgan fingerprint density at radius 3 is 2.71 bits per heavy atom. The topological polar surface area (TPSA) is 104 Å². The molecule has 1 aliphatic heterocycles. The van der Waals surface area contributed by atoms with E-state index in [-0.39, 0.29) is 18.2 Å². The Kier molecular flexibility index (Phi) is 3.29. The zero-order chi connectivity index (χ0) is 15.0. The van der Waals surface area contributed by atoms with E-state index in [1.165, 1.54) is 6.07 Å². The van der Waals surface area contributed by atoms with Gasteiger partial charge in [-0.05, 0) is 37.3 Å². The van der Waals surface area contributed by atoms with Gasteiger partial charge < -0.3 is 15.7 Å². The van der Waals surface area contributed by atoms with Crippen LogP contribution in [0.5, 0.6) is 0 Å². The highest BCUT2D eigenvalue weighted by Crippen LogP contribution is 2.40. The summed E-state index contributed by atoms with van der Waals surface area (Å²) in [5, 5.41) is 26.6. The highest BCUT2D eigenvalue weighted by molar-refractivity contribution is 5.95. The molecule has 1 saturated carbocycles. The molecule has 0 atom stereocenters. The van der Waals surface area contributed by atoms with Gasteiger partial charge in [0.25, 0.3) is 5.69 Å². The van der Waals surface area contributed by atoms with E-state index in [2.05, 4.69) is 10.6 Å². The first-order valence-electron chi connectivity index (χ1n) is 7.03. The van der Waals surface area contributed by atoms with Crippen LogP contribution < -0.4 is 10.6 Å². The number of hydrogen-bond acceptors (Lipinski definition) is 5. The zero-order valence-electron chi connectivity index (χ0n) is 11.5. The van der Waals surface area contributed by atoms with Gasteiger partial charge in [-0.3, -0.25) is 14.9 Å². The van der Waals surface area contributed by atoms with Gasteiger partial charge in [0.2, 0.25) is 5.91 Å². The maximum atomic E-state index is 11.4. The first-order valence-corrected chi connectivity index (χ1v) is 7.03. The van der Waals surface area contributed by atoms with Gasteiger partial charge in [-0.15, -0.1) is 0 Å². The van der Waals surface area contributed by atoms with Crippen LogP contribution in [0, 0.1) is 10.1 Å². The third-order valence-electron chi connectivity index (χ3n) is 4.33. The lowest BCUT2D eigenvalue weighted by molar-refractivity contribution is -0.384. The molecule has 0 unspecified atom stereocenters. The van der Waals surface area contributed by atoms with Crippen molar-refractivity contribution in [2.45, 2.75) is 37.6 Å². The van der Waals surface area contributed by atoms with Crippen LogP contribution in [0.2, 0.25) is 0 Å². The van der Waals surface area contributed by atoms with Crippen molar-refractivity contribution in [3.63, 3.8) is 0 Å². The van der Waals surface area contributed by atoms with Crippen molar-refractivity contribution in [3.05, 3.63) is 27.8 Å². The molecule has 0 aromatic heterocycles. The fraction of sp³-hybridized carbons (Fsp3) is 0.500. The Morgan fingerprint density at radius 2 is 2.14 bits per heavy atom. The van der Waals surface area contributed by atoms with E-state index >= 15 is 0 Å². The molecule has 0 bridgehead atoms. The van der Waals surface area contributed by atoms with Crippen molar-refractivity contribution in [2.75, 3.05) is 17.2 Å². The number of nitro groups is 1. The molecule has 1 aliphatic carbocycles. The maximum absolute atomic E-state index is 11.4. The number of benzene rings is 1. The van der Waals surface area contributed by atoms with Crippen LogP contribution in [0.25, 0.3) is 0 Å². The lowest BCUT2D eigenvalue weighted by Gasteiger charge is -2.41. The van der Waals surface area contributed by atoms with Crippen LogP contribution in [-0.4, -0.2) is 28.1 Å². The molecule has 1 aromatic carbocycles. The monoisotopic (exact) mass is 291 g/mol. The first-order chi connectivity index (χ1) is 10.0. The van der Waals surface area contributed by atoms with Crippen LogP contribution in [-0.2, 0) is 11.2 Å². The average molecular weight is 291 g/mol. The van der Waals surface area contributed by atoms with Crippen LogP contribution in [0.3, 0.4) is 0 Å². The molecular weight excluding hydrogens is 274 g/mol. The van der Waals surface area contributed by atoms with Crippen molar-refractivity contribution in [1.82, 2.24) is 0 Å². The number of carbonyl (C=O) groups is 1. The standard InChI is InChI=1S/C14H17N3O4/c18-8-14(4-1-5-14)16-11-6-9-2-3-13(19)15-10(9)7-12(11)17(20)21/h6-7,16,18H,1-5,8H2,(H,15,19). The molecule has 1 aromatic rings. The maximum Gasteiger partial charge on any atom is 0.294 e. The van der Waals surface area contributed by atoms with Gasteiger partial charge in [0.15, 0.2) is 0 Å². The third kappa shape index (κ3) is 2.44. The number of nitrogens with zero attached hydrogens (tertiary/aromatic N) is 1. The highest BCUT2D eigenvalue weighted by atomic mass is 16.6. The van der Waals surface area contributed by atoms with Crippen LogP contribution >= 0.6 is 0 Å². The Balaban J connectivity index is 1.98. The van der Waals surface area contributed by atoms with Crippen LogP contribution in [0.1, 0.15) is 31.2 Å². The molecule has 3 N–H and O–H groups in total. The van der Waals surface area contributed by atoms with Crippen LogP contribution in [0.4, 0.5) is 17.1 Å². The summed E-state index contributed by atoms with van der Waals surface area (Å²) < 4.78 is 0. The number of aryl methyl sites for hydroxylation is 1. The SMILES string of the molecule is O=C1CCc2cc(NC3(CO)CCC3)c([N+](=O)[O-])cc2N1. The van der Waals surface area contributed by atoms with Gasteiger partial charge in [0, 0.05) is 12.5 Å². The fourth-order valence-corrected chi connectivity index (χ4v) is 2.88. The Labute approximate surface area is 121 Å². The summed E-state index contributed by atoms with van der Waals surface area (Å²) in [6.07, 6.45) is 3.56. The third-order valence-corrected chi connectivity index (χ3v) is 4.33. The van der Waals surface area contributed by atoms with Gasteiger partial charge in [-0.1, -0.05) is 0 Å². The molecule has 1 heterocycles. The van der Waals surface area contributed by atoms with E-state index in [0.717, 1.165) is 24.8 Å². The number of rotatable bonds is 4. The smallest absolute Gasteiger partial charge is 0.294 e. The van der Waals surface area contributed by atoms with E-state index in [0.29, 0.717) is 24.2 Å². The lowest BCUT2D eigenvalue weighted by atomic mass is 9.77. The predicted octanol–water partition coefficient (Wildman–Crippen LogP) is 1.81. The molecule has 21 heavy (non-hydrogen) atoms. The quantitative estimate of drug-likeness (QED) is 0.579. The number of aliphatic hydroxyl groups is 1. The van der Waals surface area contributed by atoms with Crippen LogP contribution in [0.15, 0.2) is 12.1 Å². The molecule has 1 fully saturated rings. The number of amides is 1. The summed E-state index contributed by atoms with van der Waals surface area (Å²) in [6, 6.07) is 3.13. The molecule has 1 amide bonds. The van der Waals surface area contributed by atoms with E-state index in [1.807, 2.05) is 0 Å². The number of nitro benzene ring substituents is 1. The minimum absolute atomic E-state index is 0.0437. The Morgan fingerprint density at radius 1 is 1.38 bits per heavy atom. The summed E-state index contributed by atoms with van der Waals surface area (Å²) in [5.74, 6) is -0.122. The molecular formula is C14H17N3O4. The number of carbonyl (C=O) groups excluding carboxylic acids is 1. The van der Waals surface area contributed by atoms with Crippen molar-refractivity contribution in [1.29, 1.82) is 0 Å². The number of aliphatic hydroxyl groups excluding tert-OH is 1. The van der Waals surface area contributed by atoms with E-state index in [4.69, 9.17) is 0 Å². The largest absolute Gasteiger partial charge is 0.394 e. The average Bonchev–Trinajstić information content (AvgIpc) is 2.42. The fourth-order valence-electron chi connectivity index (χ4n) is 2.88. The molecule has 3 rings (SSSR count). The second kappa shape index (κ2) is 5.00. The second-order valence-corrected chi connectivity index (χ2v) is 5.75. The molecule has 0 saturated heterocycles. The first kappa shape index (κ1) is 13.8. The molecule has 7 heteroatoms. The van der Waals surface area contributed by atoms with Gasteiger partial charge in [-0.25, -0.2) is 0 Å². The Bertz CT molecular complexity index is 605. The minimum Gasteiger partial charge on any atom is -0.394 e. The molecule has 0 radical (unpaired) electrons. The number of fused-ring (bicyclic) bond motifs is 1. The molecule has 0 spiro atoms. The summed E-state index contributed by atoms with van der Waals surface area (Å²) in [4.78, 5) is 22.2. The van der Waals surface area contributed by atoms with Gasteiger partial charge in [-0.2, -0.15) is 0 Å². The van der Waals surface area contributed by atoms with Gasteiger partial charge >= 0.3 is 0 Å². The summed E-state index contributed by atoms with van der Waals surface area (Å²) >= 11 is 0. The number of anilines is 2. The van der Waals surface area contributed by atoms with E-state index < -0.39 is 10.5 Å². The predicted molar refractivity (Wildman–Crippen MR) is 77.3 cm³/mol. The summed E-state index contributed by atoms with van der Waals surface area (Å²) in [6.45, 7) is -0.0437. The van der Waals surface area contributed by atoms with Crippen molar-refractivity contribution in [3.8, 4) is 0 Å². The second-order valence-electron chi connectivity index (χ2n) is 5.75. The van der Waals surface area contributed by atoms with Gasteiger partial charge in [0.1, 0.15) is 5.69 Å². The van der Waals surface area contributed by atoms with Crippen molar-refractivity contribution >= 4 is 23.0 Å². The van der Waals surface area contributed by atoms with E-state index in [9.17, 15) is 20.0 Å². The molecule has 112 valence electrons. The zero-order valence-corrected chi connectivity index (χ0v) is 11.5.